The molecule has 2 atom stereocenters. The van der Waals surface area contributed by atoms with Gasteiger partial charge in [0.05, 0.1) is 9.79 Å². The first-order valence-electron chi connectivity index (χ1n) is 9.61. The average molecular weight is 406 g/mol. The van der Waals surface area contributed by atoms with Crippen molar-refractivity contribution in [2.45, 2.75) is 41.5 Å². The lowest BCUT2D eigenvalue weighted by atomic mass is 9.91. The van der Waals surface area contributed by atoms with Gasteiger partial charge < -0.3 is 9.80 Å². The molecule has 0 saturated carbocycles. The number of hydrogen-bond donors (Lipinski definition) is 0. The van der Waals surface area contributed by atoms with Crippen LogP contribution in [0.3, 0.4) is 0 Å². The van der Waals surface area contributed by atoms with Crippen LogP contribution < -0.4 is 4.90 Å². The van der Waals surface area contributed by atoms with E-state index in [9.17, 15) is 17.2 Å². The Morgan fingerprint density at radius 3 is 2.36 bits per heavy atom. The maximum Gasteiger partial charge on any atom is 0.206 e. The molecule has 0 radical (unpaired) electrons. The van der Waals surface area contributed by atoms with E-state index >= 15 is 0 Å². The SMILES string of the molecule is CCN1CCC2[C@@H](CC1)c1cc(S(=O)(=O)c3cc(F)cc(F)c3)ccc1N2C. The molecule has 0 bridgehead atoms. The van der Waals surface area contributed by atoms with Crippen molar-refractivity contribution in [3.8, 4) is 0 Å². The van der Waals surface area contributed by atoms with Crippen LogP contribution in [0.4, 0.5) is 14.5 Å². The van der Waals surface area contributed by atoms with Crippen molar-refractivity contribution >= 4 is 15.5 Å². The molecule has 0 aromatic heterocycles. The summed E-state index contributed by atoms with van der Waals surface area (Å²) < 4.78 is 53.1. The number of likely N-dealkylation sites (tertiary alicyclic amines) is 1. The minimum Gasteiger partial charge on any atom is -0.371 e. The van der Waals surface area contributed by atoms with Gasteiger partial charge in [0, 0.05) is 37.3 Å². The molecule has 4 rings (SSSR count). The normalized spacial score (nSPS) is 22.6. The number of likely N-dealkylation sites (N-methyl/N-ethyl adjacent to an activating group) is 1. The Bertz CT molecular complexity index is 989. The molecule has 0 aliphatic carbocycles. The predicted molar refractivity (Wildman–Crippen MR) is 105 cm³/mol. The molecule has 1 unspecified atom stereocenters. The summed E-state index contributed by atoms with van der Waals surface area (Å²) in [7, 11) is -1.94. The summed E-state index contributed by atoms with van der Waals surface area (Å²) in [6.45, 7) is 5.18. The molecule has 1 saturated heterocycles. The highest BCUT2D eigenvalue weighted by molar-refractivity contribution is 7.91. The number of fused-ring (bicyclic) bond motifs is 3. The lowest BCUT2D eigenvalue weighted by molar-refractivity contribution is 0.298. The Labute approximate surface area is 164 Å². The first-order chi connectivity index (χ1) is 13.3. The van der Waals surface area contributed by atoms with E-state index < -0.39 is 21.5 Å². The van der Waals surface area contributed by atoms with Crippen molar-refractivity contribution in [1.29, 1.82) is 0 Å². The Balaban J connectivity index is 1.74. The molecular weight excluding hydrogens is 382 g/mol. The van der Waals surface area contributed by atoms with Crippen LogP contribution in [0.15, 0.2) is 46.2 Å². The van der Waals surface area contributed by atoms with E-state index in [4.69, 9.17) is 0 Å². The van der Waals surface area contributed by atoms with Crippen molar-refractivity contribution in [2.24, 2.45) is 0 Å². The highest BCUT2D eigenvalue weighted by Crippen LogP contribution is 2.45. The summed E-state index contributed by atoms with van der Waals surface area (Å²) in [5, 5.41) is 0. The smallest absolute Gasteiger partial charge is 0.206 e. The molecule has 2 aromatic rings. The lowest BCUT2D eigenvalue weighted by Gasteiger charge is -2.25. The summed E-state index contributed by atoms with van der Waals surface area (Å²) >= 11 is 0. The van der Waals surface area contributed by atoms with Gasteiger partial charge in [0.2, 0.25) is 9.84 Å². The van der Waals surface area contributed by atoms with Crippen LogP contribution in [-0.4, -0.2) is 46.0 Å². The second kappa shape index (κ2) is 7.12. The number of sulfone groups is 1. The van der Waals surface area contributed by atoms with E-state index in [1.807, 2.05) is 6.07 Å². The van der Waals surface area contributed by atoms with Gasteiger partial charge in [-0.1, -0.05) is 6.92 Å². The fourth-order valence-corrected chi connectivity index (χ4v) is 5.94. The minimum absolute atomic E-state index is 0.0851. The molecule has 2 aliphatic rings. The van der Waals surface area contributed by atoms with Gasteiger partial charge in [-0.2, -0.15) is 0 Å². The third-order valence-corrected chi connectivity index (χ3v) is 7.87. The molecule has 2 aromatic carbocycles. The van der Waals surface area contributed by atoms with Crippen LogP contribution in [0.2, 0.25) is 0 Å². The highest BCUT2D eigenvalue weighted by Gasteiger charge is 2.38. The number of rotatable bonds is 3. The van der Waals surface area contributed by atoms with E-state index in [-0.39, 0.29) is 15.7 Å². The van der Waals surface area contributed by atoms with E-state index in [0.29, 0.717) is 12.1 Å². The average Bonchev–Trinajstić information content (AvgIpc) is 2.81. The molecule has 150 valence electrons. The molecule has 1 fully saturated rings. The van der Waals surface area contributed by atoms with Crippen molar-refractivity contribution in [1.82, 2.24) is 4.90 Å². The predicted octanol–water partition coefficient (Wildman–Crippen LogP) is 3.82. The van der Waals surface area contributed by atoms with Gasteiger partial charge in [0.1, 0.15) is 11.6 Å². The van der Waals surface area contributed by atoms with E-state index in [2.05, 4.69) is 23.8 Å². The monoisotopic (exact) mass is 406 g/mol. The van der Waals surface area contributed by atoms with Gasteiger partial charge in [-0.15, -0.1) is 0 Å². The molecule has 0 N–H and O–H groups in total. The zero-order chi connectivity index (χ0) is 20.1. The zero-order valence-electron chi connectivity index (χ0n) is 16.0. The Kier molecular flexibility index (Phi) is 4.91. The van der Waals surface area contributed by atoms with Crippen molar-refractivity contribution in [3.05, 3.63) is 53.6 Å². The minimum atomic E-state index is -3.99. The summed E-state index contributed by atoms with van der Waals surface area (Å²) in [5.74, 6) is -1.54. The van der Waals surface area contributed by atoms with Gasteiger partial charge in [-0.25, -0.2) is 17.2 Å². The highest BCUT2D eigenvalue weighted by atomic mass is 32.2. The molecule has 2 aliphatic heterocycles. The summed E-state index contributed by atoms with van der Waals surface area (Å²) in [6.07, 6.45) is 1.99. The standard InChI is InChI=1S/C21H24F2N2O2S/c1-3-25-8-6-18-19-13-16(4-5-20(19)24(2)21(18)7-9-25)28(26,27)17-11-14(22)10-15(23)12-17/h4-5,10-13,18,21H,3,6-9H2,1-2H3/t18-,21?/m0/s1. The summed E-state index contributed by atoms with van der Waals surface area (Å²) in [6, 6.07) is 7.82. The third-order valence-electron chi connectivity index (χ3n) is 6.14. The zero-order valence-corrected chi connectivity index (χ0v) is 16.8. The molecule has 2 heterocycles. The van der Waals surface area contributed by atoms with E-state index in [1.54, 1.807) is 6.07 Å². The molecular formula is C21H24F2N2O2S. The summed E-state index contributed by atoms with van der Waals surface area (Å²) in [5.41, 5.74) is 2.06. The fraction of sp³-hybridized carbons (Fsp3) is 0.429. The largest absolute Gasteiger partial charge is 0.371 e. The number of benzene rings is 2. The number of anilines is 1. The van der Waals surface area contributed by atoms with Gasteiger partial charge >= 0.3 is 0 Å². The molecule has 0 amide bonds. The molecule has 7 heteroatoms. The number of nitrogens with zero attached hydrogens (tertiary/aromatic N) is 2. The molecule has 28 heavy (non-hydrogen) atoms. The summed E-state index contributed by atoms with van der Waals surface area (Å²) in [4.78, 5) is 4.40. The lowest BCUT2D eigenvalue weighted by Crippen LogP contribution is -2.31. The van der Waals surface area contributed by atoms with Crippen LogP contribution in [-0.2, 0) is 9.84 Å². The maximum atomic E-state index is 13.6. The third kappa shape index (κ3) is 3.20. The van der Waals surface area contributed by atoms with Gasteiger partial charge in [0.15, 0.2) is 0 Å². The molecule has 0 spiro atoms. The van der Waals surface area contributed by atoms with Crippen LogP contribution >= 0.6 is 0 Å². The first-order valence-corrected chi connectivity index (χ1v) is 11.1. The Morgan fingerprint density at radius 1 is 1.00 bits per heavy atom. The van der Waals surface area contributed by atoms with Gasteiger partial charge in [-0.3, -0.25) is 0 Å². The quantitative estimate of drug-likeness (QED) is 0.777. The van der Waals surface area contributed by atoms with E-state index in [0.717, 1.165) is 55.9 Å². The van der Waals surface area contributed by atoms with Crippen molar-refractivity contribution < 1.29 is 17.2 Å². The van der Waals surface area contributed by atoms with Crippen LogP contribution in [0.25, 0.3) is 0 Å². The maximum absolute atomic E-state index is 13.6. The van der Waals surface area contributed by atoms with Crippen LogP contribution in [0, 0.1) is 11.6 Å². The van der Waals surface area contributed by atoms with Gasteiger partial charge in [0.25, 0.3) is 0 Å². The topological polar surface area (TPSA) is 40.6 Å². The van der Waals surface area contributed by atoms with Crippen LogP contribution in [0.5, 0.6) is 0 Å². The van der Waals surface area contributed by atoms with Crippen LogP contribution in [0.1, 0.15) is 31.2 Å². The fourth-order valence-electron chi connectivity index (χ4n) is 4.60. The molecule has 4 nitrogen and oxygen atoms in total. The van der Waals surface area contributed by atoms with E-state index in [1.165, 1.54) is 6.07 Å². The van der Waals surface area contributed by atoms with Gasteiger partial charge in [-0.05, 0) is 61.8 Å². The Hall–Kier alpha value is -1.99. The van der Waals surface area contributed by atoms with Crippen molar-refractivity contribution in [2.75, 3.05) is 31.6 Å². The Morgan fingerprint density at radius 2 is 1.68 bits per heavy atom. The second-order valence-corrected chi connectivity index (χ2v) is 9.58. The van der Waals surface area contributed by atoms with Crippen molar-refractivity contribution in [3.63, 3.8) is 0 Å². The number of hydrogen-bond acceptors (Lipinski definition) is 4. The number of halogens is 2. The first kappa shape index (κ1) is 19.3. The second-order valence-electron chi connectivity index (χ2n) is 7.63.